The first-order chi connectivity index (χ1) is 14.1. The molecule has 0 unspecified atom stereocenters. The van der Waals surface area contributed by atoms with Crippen LogP contribution in [0.15, 0.2) is 54.6 Å². The van der Waals surface area contributed by atoms with Crippen molar-refractivity contribution in [3.63, 3.8) is 0 Å². The normalized spacial score (nSPS) is 16.4. The first-order valence-electron chi connectivity index (χ1n) is 11.0. The molecule has 1 fully saturated rings. The molecule has 3 rings (SSSR count). The lowest BCUT2D eigenvalue weighted by atomic mass is 9.95. The van der Waals surface area contributed by atoms with Crippen molar-refractivity contribution in [1.82, 2.24) is 10.2 Å². The molecule has 156 valence electrons. The van der Waals surface area contributed by atoms with Gasteiger partial charge in [-0.25, -0.2) is 0 Å². The Morgan fingerprint density at radius 3 is 2.24 bits per heavy atom. The van der Waals surface area contributed by atoms with E-state index in [1.54, 1.807) is 0 Å². The summed E-state index contributed by atoms with van der Waals surface area (Å²) in [6.07, 6.45) is 1.87. The highest BCUT2D eigenvalue weighted by atomic mass is 16.1. The highest BCUT2D eigenvalue weighted by Crippen LogP contribution is 2.22. The lowest BCUT2D eigenvalue weighted by Gasteiger charge is -2.32. The smallest absolute Gasteiger partial charge is 0.223 e. The Hall–Kier alpha value is -2.33. The second kappa shape index (κ2) is 10.4. The van der Waals surface area contributed by atoms with Crippen molar-refractivity contribution >= 4 is 11.6 Å². The van der Waals surface area contributed by atoms with Crippen molar-refractivity contribution in [1.29, 1.82) is 0 Å². The Bertz CT molecular complexity index is 747. The Kier molecular flexibility index (Phi) is 7.70. The van der Waals surface area contributed by atoms with Crippen LogP contribution in [0, 0.1) is 5.92 Å². The number of likely N-dealkylation sites (tertiary alicyclic amines) is 1. The molecule has 1 aliphatic rings. The number of nitrogens with one attached hydrogen (secondary N) is 1. The van der Waals surface area contributed by atoms with Gasteiger partial charge in [0.1, 0.15) is 0 Å². The fraction of sp³-hybridized carbons (Fsp3) is 0.480. The van der Waals surface area contributed by atoms with Gasteiger partial charge < -0.3 is 10.2 Å². The number of hydrogen-bond donors (Lipinski definition) is 1. The lowest BCUT2D eigenvalue weighted by Crippen LogP contribution is -2.40. The predicted octanol–water partition coefficient (Wildman–Crippen LogP) is 4.62. The monoisotopic (exact) mass is 393 g/mol. The van der Waals surface area contributed by atoms with Crippen molar-refractivity contribution in [2.24, 2.45) is 5.92 Å². The van der Waals surface area contributed by atoms with Crippen LogP contribution in [0.1, 0.15) is 50.8 Å². The number of carbonyl (C=O) groups excluding carboxylic acids is 1. The highest BCUT2D eigenvalue weighted by Gasteiger charge is 2.26. The summed E-state index contributed by atoms with van der Waals surface area (Å²) in [4.78, 5) is 17.5. The van der Waals surface area contributed by atoms with Crippen molar-refractivity contribution in [2.75, 3.05) is 31.1 Å². The number of rotatable bonds is 8. The fourth-order valence-corrected chi connectivity index (χ4v) is 4.17. The third kappa shape index (κ3) is 5.83. The Morgan fingerprint density at radius 1 is 1.03 bits per heavy atom. The van der Waals surface area contributed by atoms with Gasteiger partial charge in [0.25, 0.3) is 0 Å². The molecular formula is C25H35N3O. The summed E-state index contributed by atoms with van der Waals surface area (Å²) in [6, 6.07) is 19.2. The summed E-state index contributed by atoms with van der Waals surface area (Å²) in [6.45, 7) is 11.4. The molecular weight excluding hydrogens is 358 g/mol. The molecule has 1 aliphatic heterocycles. The Morgan fingerprint density at radius 2 is 1.66 bits per heavy atom. The standard InChI is InChI=1S/C25H35N3O/c1-4-28(5-2)24-13-11-21(12-14-24)19-27-17-15-23(16-18-27)25(29)26-20(3)22-9-7-6-8-10-22/h6-14,20,23H,4-5,15-19H2,1-3H3,(H,26,29)/t20-/m1/s1. The first-order valence-corrected chi connectivity index (χ1v) is 11.0. The number of amides is 1. The third-order valence-corrected chi connectivity index (χ3v) is 6.09. The van der Waals surface area contributed by atoms with Crippen molar-refractivity contribution in [3.05, 3.63) is 65.7 Å². The van der Waals surface area contributed by atoms with Gasteiger partial charge in [-0.05, 0) is 70.0 Å². The number of hydrogen-bond acceptors (Lipinski definition) is 3. The van der Waals surface area contributed by atoms with Gasteiger partial charge in [-0.15, -0.1) is 0 Å². The van der Waals surface area contributed by atoms with Gasteiger partial charge in [0.05, 0.1) is 6.04 Å². The van der Waals surface area contributed by atoms with E-state index < -0.39 is 0 Å². The van der Waals surface area contributed by atoms with Crippen molar-refractivity contribution < 1.29 is 4.79 Å². The first kappa shape index (κ1) is 21.4. The second-order valence-corrected chi connectivity index (χ2v) is 8.03. The van der Waals surface area contributed by atoms with Crippen LogP contribution >= 0.6 is 0 Å². The maximum atomic E-state index is 12.7. The Labute approximate surface area is 175 Å². The summed E-state index contributed by atoms with van der Waals surface area (Å²) in [5, 5.41) is 3.20. The van der Waals surface area contributed by atoms with E-state index in [1.807, 2.05) is 18.2 Å². The van der Waals surface area contributed by atoms with Gasteiger partial charge in [-0.3, -0.25) is 9.69 Å². The fourth-order valence-electron chi connectivity index (χ4n) is 4.17. The molecule has 1 saturated heterocycles. The van der Waals surface area contributed by atoms with Crippen LogP contribution in [0.2, 0.25) is 0 Å². The summed E-state index contributed by atoms with van der Waals surface area (Å²) < 4.78 is 0. The van der Waals surface area contributed by atoms with Crippen LogP contribution in [0.4, 0.5) is 5.69 Å². The highest BCUT2D eigenvalue weighted by molar-refractivity contribution is 5.79. The molecule has 0 bridgehead atoms. The van der Waals surface area contributed by atoms with Crippen molar-refractivity contribution in [2.45, 2.75) is 46.2 Å². The summed E-state index contributed by atoms with van der Waals surface area (Å²) in [5.74, 6) is 0.326. The van der Waals surface area contributed by atoms with Crippen LogP contribution in [0.25, 0.3) is 0 Å². The molecule has 0 radical (unpaired) electrons. The number of nitrogens with zero attached hydrogens (tertiary/aromatic N) is 2. The van der Waals surface area contributed by atoms with Crippen LogP contribution < -0.4 is 10.2 Å². The lowest BCUT2D eigenvalue weighted by molar-refractivity contribution is -0.127. The average Bonchev–Trinajstić information content (AvgIpc) is 2.77. The quantitative estimate of drug-likeness (QED) is 0.711. The van der Waals surface area contributed by atoms with Crippen LogP contribution in [0.5, 0.6) is 0 Å². The van der Waals surface area contributed by atoms with Crippen molar-refractivity contribution in [3.8, 4) is 0 Å². The van der Waals surface area contributed by atoms with Crippen LogP contribution in [0.3, 0.4) is 0 Å². The zero-order valence-electron chi connectivity index (χ0n) is 18.1. The largest absolute Gasteiger partial charge is 0.372 e. The number of benzene rings is 2. The van der Waals surface area contributed by atoms with Gasteiger partial charge in [0, 0.05) is 31.2 Å². The minimum absolute atomic E-state index is 0.0612. The molecule has 4 heteroatoms. The number of carbonyl (C=O) groups is 1. The van der Waals surface area contributed by atoms with E-state index in [1.165, 1.54) is 11.3 Å². The van der Waals surface area contributed by atoms with Gasteiger partial charge in [-0.2, -0.15) is 0 Å². The zero-order valence-corrected chi connectivity index (χ0v) is 18.1. The van der Waals surface area contributed by atoms with E-state index >= 15 is 0 Å². The third-order valence-electron chi connectivity index (χ3n) is 6.09. The van der Waals surface area contributed by atoms with Crippen LogP contribution in [-0.2, 0) is 11.3 Å². The van der Waals surface area contributed by atoms with Gasteiger partial charge >= 0.3 is 0 Å². The number of piperidine rings is 1. The molecule has 1 amide bonds. The number of anilines is 1. The van der Waals surface area contributed by atoms with E-state index in [2.05, 4.69) is 72.3 Å². The van der Waals surface area contributed by atoms with Gasteiger partial charge in [-0.1, -0.05) is 42.5 Å². The minimum Gasteiger partial charge on any atom is -0.372 e. The van der Waals surface area contributed by atoms with E-state index in [4.69, 9.17) is 0 Å². The molecule has 1 N–H and O–H groups in total. The second-order valence-electron chi connectivity index (χ2n) is 8.03. The zero-order chi connectivity index (χ0) is 20.6. The van der Waals surface area contributed by atoms with E-state index in [-0.39, 0.29) is 17.9 Å². The summed E-state index contributed by atoms with van der Waals surface area (Å²) in [7, 11) is 0. The van der Waals surface area contributed by atoms with Gasteiger partial charge in [0.15, 0.2) is 0 Å². The summed E-state index contributed by atoms with van der Waals surface area (Å²) in [5.41, 5.74) is 3.80. The predicted molar refractivity (Wildman–Crippen MR) is 121 cm³/mol. The average molecular weight is 394 g/mol. The maximum Gasteiger partial charge on any atom is 0.223 e. The molecule has 1 heterocycles. The van der Waals surface area contributed by atoms with E-state index in [9.17, 15) is 4.79 Å². The molecule has 2 aromatic carbocycles. The molecule has 29 heavy (non-hydrogen) atoms. The minimum atomic E-state index is 0.0612. The topological polar surface area (TPSA) is 35.6 Å². The molecule has 0 aromatic heterocycles. The van der Waals surface area contributed by atoms with E-state index in [0.717, 1.165) is 51.1 Å². The van der Waals surface area contributed by atoms with E-state index in [0.29, 0.717) is 0 Å². The SMILES string of the molecule is CCN(CC)c1ccc(CN2CCC(C(=O)N[C@H](C)c3ccccc3)CC2)cc1. The van der Waals surface area contributed by atoms with Crippen LogP contribution in [-0.4, -0.2) is 37.0 Å². The molecule has 2 aromatic rings. The molecule has 1 atom stereocenters. The van der Waals surface area contributed by atoms with Gasteiger partial charge in [0.2, 0.25) is 5.91 Å². The Balaban J connectivity index is 1.46. The molecule has 4 nitrogen and oxygen atoms in total. The maximum absolute atomic E-state index is 12.7. The molecule has 0 spiro atoms. The molecule has 0 aliphatic carbocycles. The molecule has 0 saturated carbocycles. The summed E-state index contributed by atoms with van der Waals surface area (Å²) >= 11 is 0.